The van der Waals surface area contributed by atoms with Crippen molar-refractivity contribution in [2.45, 2.75) is 26.4 Å². The van der Waals surface area contributed by atoms with Crippen molar-refractivity contribution in [1.29, 1.82) is 0 Å². The molecule has 0 bridgehead atoms. The molecule has 2 nitrogen and oxygen atoms in total. The van der Waals surface area contributed by atoms with Crippen LogP contribution in [0.3, 0.4) is 0 Å². The molecule has 1 N–H and O–H groups in total. The zero-order valence-electron chi connectivity index (χ0n) is 4.80. The van der Waals surface area contributed by atoms with Crippen LogP contribution in [0.1, 0.15) is 20.8 Å². The average molecular weight is 141 g/mol. The Morgan fingerprint density at radius 2 is 1.43 bits per heavy atom. The van der Waals surface area contributed by atoms with Crippen LogP contribution >= 0.6 is 0 Å². The van der Waals surface area contributed by atoms with Gasteiger partial charge in [-0.15, -0.1) is 0 Å². The molecule has 0 atom stereocenters. The third-order valence-corrected chi connectivity index (χ3v) is 0.274. The molecule has 0 heterocycles. The van der Waals surface area contributed by atoms with Crippen molar-refractivity contribution < 1.29 is 28.7 Å². The van der Waals surface area contributed by atoms with E-state index in [-0.39, 0.29) is 18.6 Å². The van der Waals surface area contributed by atoms with E-state index in [0.29, 0.717) is 0 Å². The third-order valence-electron chi connectivity index (χ3n) is 0.274. The van der Waals surface area contributed by atoms with Gasteiger partial charge >= 0.3 is 0 Å². The van der Waals surface area contributed by atoms with Gasteiger partial charge in [-0.3, -0.25) is 5.26 Å². The van der Waals surface area contributed by atoms with E-state index in [9.17, 15) is 0 Å². The summed E-state index contributed by atoms with van der Waals surface area (Å²) in [5, 5.41) is 7.90. The zero-order chi connectivity index (χ0) is 5.21. The Morgan fingerprint density at radius 1 is 1.29 bits per heavy atom. The van der Waals surface area contributed by atoms with E-state index in [1.54, 1.807) is 20.8 Å². The Bertz CT molecular complexity index is 39.4. The summed E-state index contributed by atoms with van der Waals surface area (Å²) in [5.41, 5.74) is -0.403. The topological polar surface area (TPSA) is 29.5 Å². The summed E-state index contributed by atoms with van der Waals surface area (Å²) in [7, 11) is 0. The van der Waals surface area contributed by atoms with Crippen LogP contribution < -0.4 is 0 Å². The fourth-order valence-electron chi connectivity index (χ4n) is 0. The van der Waals surface area contributed by atoms with Crippen molar-refractivity contribution in [3.63, 3.8) is 0 Å². The van der Waals surface area contributed by atoms with Gasteiger partial charge in [0.15, 0.2) is 0 Å². The third kappa shape index (κ3) is 10.7. The van der Waals surface area contributed by atoms with E-state index < -0.39 is 5.60 Å². The molecular formula is C4H10O2V. The van der Waals surface area contributed by atoms with E-state index in [4.69, 9.17) is 5.26 Å². The molecule has 43 valence electrons. The van der Waals surface area contributed by atoms with E-state index in [0.717, 1.165) is 0 Å². The Hall–Kier alpha value is 0.504. The molecule has 0 aliphatic rings. The summed E-state index contributed by atoms with van der Waals surface area (Å²) >= 11 is 0. The molecule has 0 rings (SSSR count). The molecule has 3 heteroatoms. The van der Waals surface area contributed by atoms with E-state index in [1.165, 1.54) is 0 Å². The molecule has 0 saturated heterocycles. The minimum Gasteiger partial charge on any atom is -0.251 e. The minimum absolute atomic E-state index is 0. The molecule has 7 heavy (non-hydrogen) atoms. The Morgan fingerprint density at radius 3 is 1.43 bits per heavy atom. The largest absolute Gasteiger partial charge is 0.251 e. The summed E-state index contributed by atoms with van der Waals surface area (Å²) in [4.78, 5) is 3.94. The molecule has 0 aliphatic heterocycles. The maximum absolute atomic E-state index is 7.90. The van der Waals surface area contributed by atoms with Gasteiger partial charge in [-0.1, -0.05) is 0 Å². The van der Waals surface area contributed by atoms with Crippen LogP contribution in [0.5, 0.6) is 0 Å². The first-order chi connectivity index (χ1) is 2.56. The fourth-order valence-corrected chi connectivity index (χ4v) is 0. The molecule has 1 radical (unpaired) electrons. The van der Waals surface area contributed by atoms with Crippen LogP contribution in [0.15, 0.2) is 0 Å². The van der Waals surface area contributed by atoms with Crippen LogP contribution in [0.2, 0.25) is 0 Å². The summed E-state index contributed by atoms with van der Waals surface area (Å²) in [5.74, 6) is 0. The van der Waals surface area contributed by atoms with Crippen LogP contribution in [0, 0.1) is 0 Å². The maximum Gasteiger partial charge on any atom is 0.0949 e. The van der Waals surface area contributed by atoms with Gasteiger partial charge in [0.2, 0.25) is 0 Å². The van der Waals surface area contributed by atoms with Gasteiger partial charge in [-0.05, 0) is 20.8 Å². The first-order valence-corrected chi connectivity index (χ1v) is 1.89. The van der Waals surface area contributed by atoms with Crippen molar-refractivity contribution in [2.75, 3.05) is 0 Å². The first-order valence-electron chi connectivity index (χ1n) is 1.89. The zero-order valence-corrected chi connectivity index (χ0v) is 6.20. The van der Waals surface area contributed by atoms with Crippen molar-refractivity contribution in [3.8, 4) is 0 Å². The van der Waals surface area contributed by atoms with Gasteiger partial charge in [-0.25, -0.2) is 4.89 Å². The molecule has 0 aromatic heterocycles. The second kappa shape index (κ2) is 3.50. The summed E-state index contributed by atoms with van der Waals surface area (Å²) < 4.78 is 0. The van der Waals surface area contributed by atoms with Crippen LogP contribution in [0.25, 0.3) is 0 Å². The van der Waals surface area contributed by atoms with Crippen LogP contribution in [-0.4, -0.2) is 10.9 Å². The number of hydrogen-bond donors (Lipinski definition) is 1. The SMILES string of the molecule is CC(C)(C)OO.[V]. The molecule has 0 fully saturated rings. The van der Waals surface area contributed by atoms with E-state index in [2.05, 4.69) is 4.89 Å². The van der Waals surface area contributed by atoms with Gasteiger partial charge in [0.25, 0.3) is 0 Å². The second-order valence-corrected chi connectivity index (χ2v) is 2.20. The molecule has 0 aliphatic carbocycles. The Kier molecular flexibility index (Phi) is 5.24. The predicted molar refractivity (Wildman–Crippen MR) is 23.5 cm³/mol. The smallest absolute Gasteiger partial charge is 0.0949 e. The minimum atomic E-state index is -0.403. The maximum atomic E-state index is 7.90. The standard InChI is InChI=1S/C4H10O2.V/c1-4(2,3)6-5;/h5H,1-3H3;. The first kappa shape index (κ1) is 10.5. The second-order valence-electron chi connectivity index (χ2n) is 2.20. The van der Waals surface area contributed by atoms with E-state index in [1.807, 2.05) is 0 Å². The summed E-state index contributed by atoms with van der Waals surface area (Å²) in [6, 6.07) is 0. The number of rotatable bonds is 0. The van der Waals surface area contributed by atoms with Gasteiger partial charge in [0, 0.05) is 18.6 Å². The molecule has 0 aromatic rings. The van der Waals surface area contributed by atoms with Crippen molar-refractivity contribution in [2.24, 2.45) is 0 Å². The average Bonchev–Trinajstić information content (AvgIpc) is 1.35. The fraction of sp³-hybridized carbons (Fsp3) is 1.00. The normalized spacial score (nSPS) is 10.3. The van der Waals surface area contributed by atoms with Crippen LogP contribution in [0.4, 0.5) is 0 Å². The Balaban J connectivity index is 0. The molecule has 0 aromatic carbocycles. The summed E-state index contributed by atoms with van der Waals surface area (Å²) in [6.45, 7) is 5.31. The molecule has 0 amide bonds. The number of hydrogen-bond acceptors (Lipinski definition) is 2. The van der Waals surface area contributed by atoms with Gasteiger partial charge in [0.05, 0.1) is 5.60 Å². The molecule has 0 saturated carbocycles. The van der Waals surface area contributed by atoms with Crippen molar-refractivity contribution >= 4 is 0 Å². The van der Waals surface area contributed by atoms with Crippen molar-refractivity contribution in [1.82, 2.24) is 0 Å². The van der Waals surface area contributed by atoms with E-state index >= 15 is 0 Å². The molecule has 0 spiro atoms. The van der Waals surface area contributed by atoms with Gasteiger partial charge in [-0.2, -0.15) is 0 Å². The Labute approximate surface area is 55.7 Å². The quantitative estimate of drug-likeness (QED) is 0.406. The monoisotopic (exact) mass is 141 g/mol. The van der Waals surface area contributed by atoms with Gasteiger partial charge in [0.1, 0.15) is 0 Å². The van der Waals surface area contributed by atoms with Crippen molar-refractivity contribution in [3.05, 3.63) is 0 Å². The molecular weight excluding hydrogens is 131 g/mol. The van der Waals surface area contributed by atoms with Crippen LogP contribution in [-0.2, 0) is 23.4 Å². The summed E-state index contributed by atoms with van der Waals surface area (Å²) in [6.07, 6.45) is 0. The van der Waals surface area contributed by atoms with Gasteiger partial charge < -0.3 is 0 Å². The predicted octanol–water partition coefficient (Wildman–Crippen LogP) is 1.27. The molecule has 0 unspecified atom stereocenters.